The Kier molecular flexibility index (Phi) is 5.41. The van der Waals surface area contributed by atoms with Crippen molar-refractivity contribution in [2.45, 2.75) is 38.6 Å². The van der Waals surface area contributed by atoms with Gasteiger partial charge in [0.25, 0.3) is 0 Å². The summed E-state index contributed by atoms with van der Waals surface area (Å²) in [6.45, 7) is 3.78. The number of fused-ring (bicyclic) bond motifs is 1. The van der Waals surface area contributed by atoms with Gasteiger partial charge in [0.15, 0.2) is 0 Å². The van der Waals surface area contributed by atoms with E-state index >= 15 is 0 Å². The van der Waals surface area contributed by atoms with Crippen molar-refractivity contribution in [3.8, 4) is 5.75 Å². The van der Waals surface area contributed by atoms with Crippen molar-refractivity contribution in [2.24, 2.45) is 0 Å². The number of methoxy groups -OCH3 is 1. The Morgan fingerprint density at radius 2 is 2.35 bits per heavy atom. The third-order valence-corrected chi connectivity index (χ3v) is 3.70. The first-order valence-corrected chi connectivity index (χ1v) is 7.30. The molecule has 20 heavy (non-hydrogen) atoms. The van der Waals surface area contributed by atoms with Crippen LogP contribution in [0.25, 0.3) is 0 Å². The van der Waals surface area contributed by atoms with E-state index in [-0.39, 0.29) is 5.97 Å². The minimum Gasteiger partial charge on any atom is -0.493 e. The van der Waals surface area contributed by atoms with E-state index in [4.69, 9.17) is 4.74 Å². The number of ether oxygens (including phenoxy) is 2. The van der Waals surface area contributed by atoms with Gasteiger partial charge in [-0.3, -0.25) is 4.79 Å². The van der Waals surface area contributed by atoms with Crippen LogP contribution in [0.4, 0.5) is 0 Å². The van der Waals surface area contributed by atoms with E-state index in [9.17, 15) is 4.79 Å². The molecule has 4 nitrogen and oxygen atoms in total. The van der Waals surface area contributed by atoms with Gasteiger partial charge in [-0.25, -0.2) is 0 Å². The third-order valence-electron chi connectivity index (χ3n) is 3.70. The van der Waals surface area contributed by atoms with Gasteiger partial charge in [0, 0.05) is 18.9 Å². The lowest BCUT2D eigenvalue weighted by Gasteiger charge is -2.18. The topological polar surface area (TPSA) is 47.6 Å². The number of carbonyl (C=O) groups excluding carboxylic acids is 1. The highest BCUT2D eigenvalue weighted by atomic mass is 16.5. The molecule has 0 radical (unpaired) electrons. The molecular formula is C16H23NO3. The zero-order valence-electron chi connectivity index (χ0n) is 12.3. The molecule has 0 saturated heterocycles. The lowest BCUT2D eigenvalue weighted by Crippen LogP contribution is -2.22. The zero-order chi connectivity index (χ0) is 14.4. The standard InChI is InChI=1S/C16H23NO3/c1-3-14(17-9-4-5-16(18)19-2)12-6-7-15-13(11-12)8-10-20-15/h6-7,11,14,17H,3-5,8-10H2,1-2H3. The number of nitrogens with one attached hydrogen (secondary N) is 1. The molecule has 1 aliphatic rings. The second-order valence-corrected chi connectivity index (χ2v) is 5.06. The summed E-state index contributed by atoms with van der Waals surface area (Å²) in [6.07, 6.45) is 3.30. The van der Waals surface area contributed by atoms with E-state index in [0.717, 1.165) is 38.2 Å². The van der Waals surface area contributed by atoms with E-state index in [1.54, 1.807) is 0 Å². The highest BCUT2D eigenvalue weighted by Crippen LogP contribution is 2.29. The van der Waals surface area contributed by atoms with Gasteiger partial charge in [-0.05, 0) is 36.6 Å². The molecule has 1 atom stereocenters. The van der Waals surface area contributed by atoms with Crippen LogP contribution in [0, 0.1) is 0 Å². The molecule has 110 valence electrons. The van der Waals surface area contributed by atoms with E-state index in [2.05, 4.69) is 35.2 Å². The van der Waals surface area contributed by atoms with Gasteiger partial charge >= 0.3 is 5.97 Å². The molecule has 0 fully saturated rings. The maximum atomic E-state index is 11.1. The summed E-state index contributed by atoms with van der Waals surface area (Å²) in [6, 6.07) is 6.77. The Bertz CT molecular complexity index is 459. The number of hydrogen-bond acceptors (Lipinski definition) is 4. The van der Waals surface area contributed by atoms with Crippen LogP contribution in [-0.2, 0) is 16.0 Å². The van der Waals surface area contributed by atoms with E-state index in [0.29, 0.717) is 12.5 Å². The first-order chi connectivity index (χ1) is 9.74. The first-order valence-electron chi connectivity index (χ1n) is 7.30. The van der Waals surface area contributed by atoms with Crippen molar-refractivity contribution in [1.29, 1.82) is 0 Å². The fourth-order valence-electron chi connectivity index (χ4n) is 2.53. The Morgan fingerprint density at radius 3 is 3.10 bits per heavy atom. The lowest BCUT2D eigenvalue weighted by atomic mass is 10.0. The molecule has 0 spiro atoms. The molecule has 2 rings (SSSR count). The second kappa shape index (κ2) is 7.29. The first kappa shape index (κ1) is 14.9. The van der Waals surface area contributed by atoms with Crippen LogP contribution >= 0.6 is 0 Å². The highest BCUT2D eigenvalue weighted by Gasteiger charge is 2.15. The molecule has 1 aromatic rings. The number of esters is 1. The molecule has 1 heterocycles. The van der Waals surface area contributed by atoms with Gasteiger partial charge in [0.1, 0.15) is 5.75 Å². The van der Waals surface area contributed by atoms with Gasteiger partial charge in [0.2, 0.25) is 0 Å². The van der Waals surface area contributed by atoms with Crippen LogP contribution in [0.1, 0.15) is 43.4 Å². The van der Waals surface area contributed by atoms with Crippen molar-refractivity contribution in [3.05, 3.63) is 29.3 Å². The average Bonchev–Trinajstić information content (AvgIpc) is 2.94. The zero-order valence-corrected chi connectivity index (χ0v) is 12.3. The number of rotatable bonds is 7. The van der Waals surface area contributed by atoms with Crippen LogP contribution in [0.5, 0.6) is 5.75 Å². The van der Waals surface area contributed by atoms with E-state index < -0.39 is 0 Å². The van der Waals surface area contributed by atoms with Gasteiger partial charge < -0.3 is 14.8 Å². The predicted molar refractivity (Wildman–Crippen MR) is 77.9 cm³/mol. The predicted octanol–water partition coefficient (Wildman–Crippen LogP) is 2.62. The third kappa shape index (κ3) is 3.73. The fraction of sp³-hybridized carbons (Fsp3) is 0.562. The molecule has 1 aliphatic heterocycles. The molecule has 4 heteroatoms. The summed E-state index contributed by atoms with van der Waals surface area (Å²) in [5.74, 6) is 0.879. The molecule has 0 aliphatic carbocycles. The Morgan fingerprint density at radius 1 is 1.50 bits per heavy atom. The second-order valence-electron chi connectivity index (χ2n) is 5.06. The normalized spacial score (nSPS) is 14.5. The van der Waals surface area contributed by atoms with Crippen LogP contribution in [0.2, 0.25) is 0 Å². The summed E-state index contributed by atoms with van der Waals surface area (Å²) in [5.41, 5.74) is 2.60. The minimum atomic E-state index is -0.144. The van der Waals surface area contributed by atoms with E-state index in [1.165, 1.54) is 18.2 Å². The SMILES string of the molecule is CCC(NCCCC(=O)OC)c1ccc2c(c1)CCO2. The van der Waals surface area contributed by atoms with Crippen molar-refractivity contribution in [1.82, 2.24) is 5.32 Å². The van der Waals surface area contributed by atoms with Crippen molar-refractivity contribution < 1.29 is 14.3 Å². The largest absolute Gasteiger partial charge is 0.493 e. The van der Waals surface area contributed by atoms with Crippen LogP contribution in [0.3, 0.4) is 0 Å². The summed E-state index contributed by atoms with van der Waals surface area (Å²) in [5, 5.41) is 3.51. The monoisotopic (exact) mass is 277 g/mol. The molecule has 0 aromatic heterocycles. The van der Waals surface area contributed by atoms with Gasteiger partial charge in [-0.1, -0.05) is 19.1 Å². The Hall–Kier alpha value is -1.55. The smallest absolute Gasteiger partial charge is 0.305 e. The Labute approximate surface area is 120 Å². The maximum absolute atomic E-state index is 11.1. The fourth-order valence-corrected chi connectivity index (χ4v) is 2.53. The summed E-state index contributed by atoms with van der Waals surface area (Å²) in [7, 11) is 1.43. The summed E-state index contributed by atoms with van der Waals surface area (Å²) in [4.78, 5) is 11.1. The summed E-state index contributed by atoms with van der Waals surface area (Å²) >= 11 is 0. The molecule has 0 amide bonds. The van der Waals surface area contributed by atoms with Gasteiger partial charge in [-0.15, -0.1) is 0 Å². The molecule has 0 bridgehead atoms. The molecular weight excluding hydrogens is 254 g/mol. The number of hydrogen-bond donors (Lipinski definition) is 1. The number of carbonyl (C=O) groups is 1. The van der Waals surface area contributed by atoms with E-state index in [1.807, 2.05) is 0 Å². The van der Waals surface area contributed by atoms with Crippen LogP contribution in [-0.4, -0.2) is 26.2 Å². The Balaban J connectivity index is 1.86. The quantitative estimate of drug-likeness (QED) is 0.615. The average molecular weight is 277 g/mol. The minimum absolute atomic E-state index is 0.144. The van der Waals surface area contributed by atoms with Crippen molar-refractivity contribution in [3.63, 3.8) is 0 Å². The van der Waals surface area contributed by atoms with Crippen molar-refractivity contribution >= 4 is 5.97 Å². The lowest BCUT2D eigenvalue weighted by molar-refractivity contribution is -0.140. The maximum Gasteiger partial charge on any atom is 0.305 e. The molecule has 1 unspecified atom stereocenters. The number of benzene rings is 1. The van der Waals surface area contributed by atoms with Crippen molar-refractivity contribution in [2.75, 3.05) is 20.3 Å². The van der Waals surface area contributed by atoms with Crippen LogP contribution in [0.15, 0.2) is 18.2 Å². The van der Waals surface area contributed by atoms with Gasteiger partial charge in [0.05, 0.1) is 13.7 Å². The van der Waals surface area contributed by atoms with Gasteiger partial charge in [-0.2, -0.15) is 0 Å². The van der Waals surface area contributed by atoms with Crippen LogP contribution < -0.4 is 10.1 Å². The highest BCUT2D eigenvalue weighted by molar-refractivity contribution is 5.69. The molecule has 1 aromatic carbocycles. The molecule has 1 N–H and O–H groups in total. The summed E-state index contributed by atoms with van der Waals surface area (Å²) < 4.78 is 10.2. The molecule has 0 saturated carbocycles.